The van der Waals surface area contributed by atoms with E-state index in [4.69, 9.17) is 15.2 Å². The number of rotatable bonds is 6. The summed E-state index contributed by atoms with van der Waals surface area (Å²) in [6, 6.07) is 5.50. The number of nitrogens with one attached hydrogen (secondary N) is 1. The van der Waals surface area contributed by atoms with Gasteiger partial charge in [-0.3, -0.25) is 4.99 Å². The largest absolute Gasteiger partial charge is 0.493 e. The first-order valence-electron chi connectivity index (χ1n) is 8.91. The van der Waals surface area contributed by atoms with Gasteiger partial charge in [-0.2, -0.15) is 0 Å². The van der Waals surface area contributed by atoms with E-state index >= 15 is 0 Å². The summed E-state index contributed by atoms with van der Waals surface area (Å²) in [5, 5.41) is 11.7. The molecular formula is C18H27IN6O2. The summed E-state index contributed by atoms with van der Waals surface area (Å²) in [6.07, 6.45) is 5.37. The Hall–Kier alpha value is -2.04. The van der Waals surface area contributed by atoms with Gasteiger partial charge in [-0.1, -0.05) is 6.42 Å². The maximum absolute atomic E-state index is 5.99. The highest BCUT2D eigenvalue weighted by Gasteiger charge is 2.14. The van der Waals surface area contributed by atoms with Gasteiger partial charge in [-0.15, -0.1) is 34.2 Å². The summed E-state index contributed by atoms with van der Waals surface area (Å²) < 4.78 is 12.8. The van der Waals surface area contributed by atoms with Gasteiger partial charge in [0.05, 0.1) is 14.2 Å². The van der Waals surface area contributed by atoms with E-state index in [1.54, 1.807) is 14.2 Å². The van der Waals surface area contributed by atoms with E-state index in [-0.39, 0.29) is 24.0 Å². The lowest BCUT2D eigenvalue weighted by atomic mass is 10.2. The molecule has 148 valence electrons. The van der Waals surface area contributed by atoms with E-state index in [9.17, 15) is 0 Å². The highest BCUT2D eigenvalue weighted by Crippen LogP contribution is 2.29. The molecule has 0 saturated heterocycles. The summed E-state index contributed by atoms with van der Waals surface area (Å²) in [5.74, 6) is 3.74. The standard InChI is InChI=1S/C18H26N6O2.HI/c1-25-14-8-7-13(12-15(14)26-2)21-18(19)20-10-9-17-23-22-16-6-4-3-5-11-24(16)17;/h7-8,12H,3-6,9-11H2,1-2H3,(H3,19,20,21);1H. The van der Waals surface area contributed by atoms with Crippen molar-refractivity contribution in [2.24, 2.45) is 10.7 Å². The minimum Gasteiger partial charge on any atom is -0.493 e. The highest BCUT2D eigenvalue weighted by atomic mass is 127. The Labute approximate surface area is 176 Å². The van der Waals surface area contributed by atoms with Crippen molar-refractivity contribution in [3.63, 3.8) is 0 Å². The number of hydrogen-bond donors (Lipinski definition) is 2. The van der Waals surface area contributed by atoms with Crippen LogP contribution < -0.4 is 20.5 Å². The molecule has 0 fully saturated rings. The summed E-state index contributed by atoms with van der Waals surface area (Å²) in [6.45, 7) is 1.56. The fourth-order valence-electron chi connectivity index (χ4n) is 3.11. The molecule has 0 saturated carbocycles. The normalized spacial score (nSPS) is 13.9. The fourth-order valence-corrected chi connectivity index (χ4v) is 3.11. The number of aromatic nitrogens is 3. The van der Waals surface area contributed by atoms with Crippen LogP contribution in [0, 0.1) is 0 Å². The predicted molar refractivity (Wildman–Crippen MR) is 116 cm³/mol. The Morgan fingerprint density at radius 2 is 2.00 bits per heavy atom. The second kappa shape index (κ2) is 10.3. The number of ether oxygens (including phenoxy) is 2. The van der Waals surface area contributed by atoms with E-state index in [2.05, 4.69) is 25.1 Å². The number of guanidine groups is 1. The minimum atomic E-state index is 0. The van der Waals surface area contributed by atoms with Gasteiger partial charge in [-0.05, 0) is 25.0 Å². The number of fused-ring (bicyclic) bond motifs is 1. The predicted octanol–water partition coefficient (Wildman–Crippen LogP) is 2.61. The molecule has 0 amide bonds. The van der Waals surface area contributed by atoms with E-state index in [1.807, 2.05) is 18.2 Å². The van der Waals surface area contributed by atoms with Crippen molar-refractivity contribution < 1.29 is 9.47 Å². The quantitative estimate of drug-likeness (QED) is 0.370. The number of halogens is 1. The van der Waals surface area contributed by atoms with Gasteiger partial charge in [0, 0.05) is 37.7 Å². The number of methoxy groups -OCH3 is 2. The molecule has 1 aliphatic heterocycles. The van der Waals surface area contributed by atoms with Crippen molar-refractivity contribution >= 4 is 35.6 Å². The third kappa shape index (κ3) is 5.47. The molecule has 0 radical (unpaired) electrons. The van der Waals surface area contributed by atoms with Crippen molar-refractivity contribution in [2.45, 2.75) is 38.6 Å². The molecule has 1 aliphatic rings. The third-order valence-electron chi connectivity index (χ3n) is 4.46. The molecule has 0 aliphatic carbocycles. The van der Waals surface area contributed by atoms with Gasteiger partial charge < -0.3 is 25.1 Å². The molecule has 3 N–H and O–H groups in total. The molecule has 9 heteroatoms. The maximum atomic E-state index is 5.99. The van der Waals surface area contributed by atoms with Crippen LogP contribution in [0.15, 0.2) is 23.2 Å². The van der Waals surface area contributed by atoms with Crippen LogP contribution in [0.25, 0.3) is 0 Å². The molecular weight excluding hydrogens is 459 g/mol. The van der Waals surface area contributed by atoms with Crippen molar-refractivity contribution in [3.8, 4) is 11.5 Å². The lowest BCUT2D eigenvalue weighted by molar-refractivity contribution is 0.355. The second-order valence-electron chi connectivity index (χ2n) is 6.21. The Bertz CT molecular complexity index is 777. The van der Waals surface area contributed by atoms with Gasteiger partial charge >= 0.3 is 0 Å². The zero-order chi connectivity index (χ0) is 18.4. The molecule has 2 heterocycles. The van der Waals surface area contributed by atoms with Crippen LogP contribution in [0.3, 0.4) is 0 Å². The molecule has 8 nitrogen and oxygen atoms in total. The maximum Gasteiger partial charge on any atom is 0.193 e. The number of benzene rings is 1. The molecule has 27 heavy (non-hydrogen) atoms. The number of hydrogen-bond acceptors (Lipinski definition) is 5. The molecule has 2 aromatic rings. The van der Waals surface area contributed by atoms with Crippen LogP contribution in [-0.4, -0.2) is 41.5 Å². The molecule has 1 aromatic carbocycles. The van der Waals surface area contributed by atoms with Crippen LogP contribution in [-0.2, 0) is 19.4 Å². The lowest BCUT2D eigenvalue weighted by Gasteiger charge is -2.11. The summed E-state index contributed by atoms with van der Waals surface area (Å²) in [4.78, 5) is 4.39. The van der Waals surface area contributed by atoms with Crippen LogP contribution in [0.1, 0.15) is 30.9 Å². The summed E-state index contributed by atoms with van der Waals surface area (Å²) >= 11 is 0. The van der Waals surface area contributed by atoms with Crippen LogP contribution in [0.2, 0.25) is 0 Å². The van der Waals surface area contributed by atoms with E-state index in [1.165, 1.54) is 19.3 Å². The first-order valence-corrected chi connectivity index (χ1v) is 8.91. The van der Waals surface area contributed by atoms with Crippen molar-refractivity contribution in [1.82, 2.24) is 14.8 Å². The third-order valence-corrected chi connectivity index (χ3v) is 4.46. The lowest BCUT2D eigenvalue weighted by Crippen LogP contribution is -2.23. The highest BCUT2D eigenvalue weighted by molar-refractivity contribution is 14.0. The molecule has 0 spiro atoms. The average molecular weight is 486 g/mol. The first-order chi connectivity index (χ1) is 12.7. The Balaban J connectivity index is 0.00000261. The Kier molecular flexibility index (Phi) is 8.14. The molecule has 0 unspecified atom stereocenters. The van der Waals surface area contributed by atoms with Crippen molar-refractivity contribution in [3.05, 3.63) is 29.8 Å². The van der Waals surface area contributed by atoms with Crippen LogP contribution in [0.5, 0.6) is 11.5 Å². The molecule has 3 rings (SSSR count). The SMILES string of the molecule is COc1ccc(NC(N)=NCCc2nnc3n2CCCCC3)cc1OC.I. The molecule has 0 atom stereocenters. The van der Waals surface area contributed by atoms with Gasteiger partial charge in [0.2, 0.25) is 0 Å². The monoisotopic (exact) mass is 486 g/mol. The smallest absolute Gasteiger partial charge is 0.193 e. The second-order valence-corrected chi connectivity index (χ2v) is 6.21. The summed E-state index contributed by atoms with van der Waals surface area (Å²) in [7, 11) is 3.20. The van der Waals surface area contributed by atoms with Gasteiger partial charge in [0.15, 0.2) is 17.5 Å². The number of aryl methyl sites for hydroxylation is 1. The van der Waals surface area contributed by atoms with Crippen molar-refractivity contribution in [1.29, 1.82) is 0 Å². The number of nitrogens with two attached hydrogens (primary N) is 1. The van der Waals surface area contributed by atoms with Crippen LogP contribution in [0.4, 0.5) is 5.69 Å². The number of nitrogens with zero attached hydrogens (tertiary/aromatic N) is 4. The fraction of sp³-hybridized carbons (Fsp3) is 0.500. The molecule has 0 bridgehead atoms. The minimum absolute atomic E-state index is 0. The van der Waals surface area contributed by atoms with E-state index in [0.29, 0.717) is 24.0 Å². The topological polar surface area (TPSA) is 99.6 Å². The van der Waals surface area contributed by atoms with Gasteiger partial charge in [0.25, 0.3) is 0 Å². The first kappa shape index (κ1) is 21.3. The van der Waals surface area contributed by atoms with Crippen molar-refractivity contribution in [2.75, 3.05) is 26.1 Å². The zero-order valence-corrected chi connectivity index (χ0v) is 18.1. The summed E-state index contributed by atoms with van der Waals surface area (Å²) in [5.41, 5.74) is 6.79. The Morgan fingerprint density at radius 3 is 2.78 bits per heavy atom. The van der Waals surface area contributed by atoms with E-state index in [0.717, 1.165) is 36.7 Å². The van der Waals surface area contributed by atoms with Gasteiger partial charge in [-0.25, -0.2) is 0 Å². The number of anilines is 1. The zero-order valence-electron chi connectivity index (χ0n) is 15.8. The average Bonchev–Trinajstić information content (AvgIpc) is 2.88. The van der Waals surface area contributed by atoms with E-state index < -0.39 is 0 Å². The van der Waals surface area contributed by atoms with Crippen LogP contribution >= 0.6 is 24.0 Å². The van der Waals surface area contributed by atoms with Gasteiger partial charge in [0.1, 0.15) is 11.6 Å². The Morgan fingerprint density at radius 1 is 1.19 bits per heavy atom. The number of aliphatic imine (C=N–C) groups is 1. The molecule has 1 aromatic heterocycles.